The molecule has 1 amide bonds. The van der Waals surface area contributed by atoms with Gasteiger partial charge in [-0.1, -0.05) is 89.6 Å². The molecular formula is C27H34N2OS. The van der Waals surface area contributed by atoms with Crippen molar-refractivity contribution in [3.05, 3.63) is 71.2 Å². The summed E-state index contributed by atoms with van der Waals surface area (Å²) in [5.74, 6) is 0.625. The number of nitrogens with one attached hydrogen (secondary N) is 1. The first-order chi connectivity index (χ1) is 14.8. The fourth-order valence-corrected chi connectivity index (χ4v) is 4.60. The van der Waals surface area contributed by atoms with Crippen LogP contribution in [0.5, 0.6) is 0 Å². The van der Waals surface area contributed by atoms with Crippen LogP contribution >= 0.6 is 11.3 Å². The molecule has 0 aliphatic heterocycles. The molecule has 1 unspecified atom stereocenters. The number of amides is 1. The van der Waals surface area contributed by atoms with E-state index < -0.39 is 5.41 Å². The molecule has 0 saturated heterocycles. The van der Waals surface area contributed by atoms with Crippen molar-refractivity contribution >= 4 is 22.4 Å². The zero-order chi connectivity index (χ0) is 22.4. The minimum Gasteiger partial charge on any atom is -0.301 e. The lowest BCUT2D eigenvalue weighted by atomic mass is 9.70. The van der Waals surface area contributed by atoms with Crippen molar-refractivity contribution in [1.82, 2.24) is 4.98 Å². The highest BCUT2D eigenvalue weighted by Crippen LogP contribution is 2.41. The largest absolute Gasteiger partial charge is 0.301 e. The van der Waals surface area contributed by atoms with E-state index in [2.05, 4.69) is 79.6 Å². The summed E-state index contributed by atoms with van der Waals surface area (Å²) in [6.07, 6.45) is 4.95. The molecule has 1 N–H and O–H groups in total. The van der Waals surface area contributed by atoms with Crippen LogP contribution in [0.2, 0.25) is 0 Å². The summed E-state index contributed by atoms with van der Waals surface area (Å²) in [7, 11) is 0. The molecule has 164 valence electrons. The second-order valence-corrected chi connectivity index (χ2v) is 10.2. The van der Waals surface area contributed by atoms with Gasteiger partial charge < -0.3 is 5.32 Å². The molecule has 2 aromatic carbocycles. The van der Waals surface area contributed by atoms with E-state index in [0.29, 0.717) is 11.0 Å². The van der Waals surface area contributed by atoms with Crippen LogP contribution in [0.4, 0.5) is 5.13 Å². The van der Waals surface area contributed by atoms with Gasteiger partial charge in [0.15, 0.2) is 5.13 Å². The van der Waals surface area contributed by atoms with E-state index >= 15 is 0 Å². The van der Waals surface area contributed by atoms with Crippen molar-refractivity contribution in [2.45, 2.75) is 59.8 Å². The standard InChI is InChI=1S/C27H34N2OS/c1-6-7-20-8-10-21(11-9-20)22-12-14-23(15-13-22)24(18-19(2)3)27(4,5)25(30)29-26-28-16-17-31-26/h8-17,19,24H,6-7,18H2,1-5H3,(H,28,29,30). The minimum atomic E-state index is -0.556. The molecule has 0 radical (unpaired) electrons. The molecule has 1 aromatic heterocycles. The maximum Gasteiger partial charge on any atom is 0.232 e. The predicted octanol–water partition coefficient (Wildman–Crippen LogP) is 7.56. The Kier molecular flexibility index (Phi) is 7.66. The zero-order valence-corrected chi connectivity index (χ0v) is 20.1. The number of carbonyl (C=O) groups excluding carboxylic acids is 1. The predicted molar refractivity (Wildman–Crippen MR) is 133 cm³/mol. The summed E-state index contributed by atoms with van der Waals surface area (Å²) in [6, 6.07) is 17.6. The summed E-state index contributed by atoms with van der Waals surface area (Å²) >= 11 is 1.45. The zero-order valence-electron chi connectivity index (χ0n) is 19.3. The van der Waals surface area contributed by atoms with Crippen LogP contribution in [-0.4, -0.2) is 10.9 Å². The number of anilines is 1. The molecule has 0 fully saturated rings. The van der Waals surface area contributed by atoms with Gasteiger partial charge in [0.05, 0.1) is 5.41 Å². The lowest BCUT2D eigenvalue weighted by Gasteiger charge is -2.34. The highest BCUT2D eigenvalue weighted by molar-refractivity contribution is 7.13. The van der Waals surface area contributed by atoms with E-state index in [0.717, 1.165) is 19.3 Å². The highest BCUT2D eigenvalue weighted by Gasteiger charge is 2.38. The average Bonchev–Trinajstić information content (AvgIpc) is 3.26. The monoisotopic (exact) mass is 434 g/mol. The average molecular weight is 435 g/mol. The Morgan fingerprint density at radius 1 is 1.03 bits per heavy atom. The van der Waals surface area contributed by atoms with E-state index in [9.17, 15) is 4.79 Å². The third-order valence-corrected chi connectivity index (χ3v) is 6.64. The first-order valence-electron chi connectivity index (χ1n) is 11.2. The number of nitrogens with zero attached hydrogens (tertiary/aromatic N) is 1. The molecule has 0 spiro atoms. The van der Waals surface area contributed by atoms with E-state index in [-0.39, 0.29) is 11.8 Å². The quantitative estimate of drug-likeness (QED) is 0.377. The van der Waals surface area contributed by atoms with Gasteiger partial charge in [0.2, 0.25) is 5.91 Å². The van der Waals surface area contributed by atoms with Crippen molar-refractivity contribution in [2.24, 2.45) is 11.3 Å². The van der Waals surface area contributed by atoms with Gasteiger partial charge in [0.1, 0.15) is 0 Å². The van der Waals surface area contributed by atoms with Gasteiger partial charge in [-0.15, -0.1) is 11.3 Å². The number of thiazole rings is 1. The van der Waals surface area contributed by atoms with Crippen LogP contribution in [0.1, 0.15) is 64.5 Å². The summed E-state index contributed by atoms with van der Waals surface area (Å²) in [5.41, 5.74) is 4.47. The maximum atomic E-state index is 13.2. The number of aromatic nitrogens is 1. The van der Waals surface area contributed by atoms with E-state index in [1.165, 1.54) is 33.6 Å². The fraction of sp³-hybridized carbons (Fsp3) is 0.407. The molecule has 4 heteroatoms. The Bertz CT molecular complexity index is 957. The number of carbonyl (C=O) groups is 1. The summed E-state index contributed by atoms with van der Waals surface area (Å²) < 4.78 is 0. The van der Waals surface area contributed by atoms with Gasteiger partial charge in [-0.05, 0) is 46.9 Å². The van der Waals surface area contributed by atoms with Crippen LogP contribution in [0.25, 0.3) is 11.1 Å². The van der Waals surface area contributed by atoms with Crippen LogP contribution in [0.3, 0.4) is 0 Å². The van der Waals surface area contributed by atoms with E-state index in [1.807, 2.05) is 19.2 Å². The molecular weight excluding hydrogens is 400 g/mol. The molecule has 1 atom stereocenters. The second kappa shape index (κ2) is 10.2. The van der Waals surface area contributed by atoms with Crippen LogP contribution < -0.4 is 5.32 Å². The Balaban J connectivity index is 1.83. The highest BCUT2D eigenvalue weighted by atomic mass is 32.1. The van der Waals surface area contributed by atoms with Gasteiger partial charge in [0, 0.05) is 11.6 Å². The van der Waals surface area contributed by atoms with E-state index in [1.54, 1.807) is 6.20 Å². The van der Waals surface area contributed by atoms with Gasteiger partial charge in [-0.2, -0.15) is 0 Å². The van der Waals surface area contributed by atoms with Crippen LogP contribution in [-0.2, 0) is 11.2 Å². The third-order valence-electron chi connectivity index (χ3n) is 5.96. The van der Waals surface area contributed by atoms with Crippen molar-refractivity contribution in [1.29, 1.82) is 0 Å². The molecule has 1 heterocycles. The SMILES string of the molecule is CCCc1ccc(-c2ccc(C(CC(C)C)C(C)(C)C(=O)Nc3nccs3)cc2)cc1. The molecule has 31 heavy (non-hydrogen) atoms. The summed E-state index contributed by atoms with van der Waals surface area (Å²) in [6.45, 7) is 10.7. The molecule has 0 aliphatic carbocycles. The van der Waals surface area contributed by atoms with Crippen molar-refractivity contribution in [2.75, 3.05) is 5.32 Å². The fourth-order valence-electron chi connectivity index (χ4n) is 4.08. The number of hydrogen-bond donors (Lipinski definition) is 1. The molecule has 3 rings (SSSR count). The lowest BCUT2D eigenvalue weighted by molar-refractivity contribution is -0.125. The minimum absolute atomic E-state index is 0.0173. The lowest BCUT2D eigenvalue weighted by Crippen LogP contribution is -2.37. The molecule has 3 aromatic rings. The van der Waals surface area contributed by atoms with Crippen LogP contribution in [0.15, 0.2) is 60.1 Å². The Morgan fingerprint density at radius 3 is 2.16 bits per heavy atom. The first-order valence-corrected chi connectivity index (χ1v) is 12.1. The normalized spacial score (nSPS) is 12.7. The second-order valence-electron chi connectivity index (χ2n) is 9.26. The Morgan fingerprint density at radius 2 is 1.65 bits per heavy atom. The van der Waals surface area contributed by atoms with Gasteiger partial charge in [-0.3, -0.25) is 4.79 Å². The van der Waals surface area contributed by atoms with Gasteiger partial charge in [-0.25, -0.2) is 4.98 Å². The number of aryl methyl sites for hydroxylation is 1. The van der Waals surface area contributed by atoms with Crippen LogP contribution in [0, 0.1) is 11.3 Å². The molecule has 0 bridgehead atoms. The maximum absolute atomic E-state index is 13.2. The van der Waals surface area contributed by atoms with Crippen molar-refractivity contribution in [3.63, 3.8) is 0 Å². The first kappa shape index (κ1) is 23.2. The Labute approximate surface area is 190 Å². The van der Waals surface area contributed by atoms with Gasteiger partial charge >= 0.3 is 0 Å². The van der Waals surface area contributed by atoms with Crippen molar-refractivity contribution in [3.8, 4) is 11.1 Å². The summed E-state index contributed by atoms with van der Waals surface area (Å²) in [5, 5.41) is 5.54. The number of benzene rings is 2. The smallest absolute Gasteiger partial charge is 0.232 e. The van der Waals surface area contributed by atoms with Gasteiger partial charge in [0.25, 0.3) is 0 Å². The van der Waals surface area contributed by atoms with E-state index in [4.69, 9.17) is 0 Å². The Hall–Kier alpha value is -2.46. The molecule has 0 saturated carbocycles. The third kappa shape index (κ3) is 5.82. The molecule has 3 nitrogen and oxygen atoms in total. The van der Waals surface area contributed by atoms with Crippen molar-refractivity contribution < 1.29 is 4.79 Å². The number of hydrogen-bond acceptors (Lipinski definition) is 3. The number of rotatable bonds is 9. The summed E-state index contributed by atoms with van der Waals surface area (Å²) in [4.78, 5) is 17.4. The molecule has 0 aliphatic rings. The topological polar surface area (TPSA) is 42.0 Å².